The Morgan fingerprint density at radius 1 is 1.14 bits per heavy atom. The molecule has 0 saturated heterocycles. The van der Waals surface area contributed by atoms with Crippen molar-refractivity contribution in [1.29, 1.82) is 0 Å². The Bertz CT molecular complexity index is 617. The molecule has 0 aliphatic carbocycles. The third kappa shape index (κ3) is 5.72. The highest BCUT2D eigenvalue weighted by molar-refractivity contribution is 7.99. The smallest absolute Gasteiger partial charge is 0.170 e. The third-order valence-electron chi connectivity index (χ3n) is 2.83. The minimum atomic E-state index is 0.651. The number of rotatable bonds is 6. The SMILES string of the molecule is CSc1ccccc1NC(=S)NCCSc1ccc(Cl)cc1. The standard InChI is InChI=1S/C16H17ClN2S3/c1-21-15-5-3-2-4-14(15)19-16(20)18-10-11-22-13-8-6-12(17)7-9-13/h2-9H,10-11H2,1H3,(H2,18,19,20). The molecular weight excluding hydrogens is 352 g/mol. The van der Waals surface area contributed by atoms with Crippen molar-refractivity contribution in [1.82, 2.24) is 5.32 Å². The van der Waals surface area contributed by atoms with Gasteiger partial charge < -0.3 is 10.6 Å². The van der Waals surface area contributed by atoms with Crippen LogP contribution in [0.15, 0.2) is 58.3 Å². The lowest BCUT2D eigenvalue weighted by molar-refractivity contribution is 0.989. The van der Waals surface area contributed by atoms with Gasteiger partial charge in [0.1, 0.15) is 0 Å². The molecule has 0 aliphatic heterocycles. The van der Waals surface area contributed by atoms with E-state index in [0.29, 0.717) is 5.11 Å². The van der Waals surface area contributed by atoms with Crippen LogP contribution in [0, 0.1) is 0 Å². The van der Waals surface area contributed by atoms with Crippen molar-refractivity contribution in [2.24, 2.45) is 0 Å². The highest BCUT2D eigenvalue weighted by Crippen LogP contribution is 2.24. The number of benzene rings is 2. The van der Waals surface area contributed by atoms with Crippen LogP contribution in [0.1, 0.15) is 0 Å². The Balaban J connectivity index is 1.72. The number of para-hydroxylation sites is 1. The van der Waals surface area contributed by atoms with Crippen molar-refractivity contribution in [2.75, 3.05) is 23.9 Å². The van der Waals surface area contributed by atoms with E-state index in [-0.39, 0.29) is 0 Å². The van der Waals surface area contributed by atoms with Gasteiger partial charge in [0.05, 0.1) is 5.69 Å². The second-order valence-corrected chi connectivity index (χ2v) is 7.24. The number of thiocarbonyl (C=S) groups is 1. The Labute approximate surface area is 150 Å². The van der Waals surface area contributed by atoms with Crippen LogP contribution in [0.2, 0.25) is 5.02 Å². The van der Waals surface area contributed by atoms with Crippen molar-refractivity contribution in [3.63, 3.8) is 0 Å². The molecule has 0 atom stereocenters. The van der Waals surface area contributed by atoms with Crippen LogP contribution in [0.5, 0.6) is 0 Å². The Kier molecular flexibility index (Phi) is 7.39. The monoisotopic (exact) mass is 368 g/mol. The topological polar surface area (TPSA) is 24.1 Å². The van der Waals surface area contributed by atoms with Crippen molar-refractivity contribution in [3.05, 3.63) is 53.6 Å². The number of anilines is 1. The predicted molar refractivity (Wildman–Crippen MR) is 105 cm³/mol. The zero-order valence-corrected chi connectivity index (χ0v) is 15.3. The second kappa shape index (κ2) is 9.30. The van der Waals surface area contributed by atoms with Crippen LogP contribution < -0.4 is 10.6 Å². The highest BCUT2D eigenvalue weighted by Gasteiger charge is 2.02. The quantitative estimate of drug-likeness (QED) is 0.417. The van der Waals surface area contributed by atoms with Gasteiger partial charge in [-0.15, -0.1) is 23.5 Å². The summed E-state index contributed by atoms with van der Waals surface area (Å²) in [6, 6.07) is 16.0. The van der Waals surface area contributed by atoms with E-state index >= 15 is 0 Å². The number of halogens is 1. The minimum absolute atomic E-state index is 0.651. The van der Waals surface area contributed by atoms with Crippen molar-refractivity contribution < 1.29 is 0 Å². The van der Waals surface area contributed by atoms with E-state index in [1.54, 1.807) is 23.5 Å². The summed E-state index contributed by atoms with van der Waals surface area (Å²) in [7, 11) is 0. The van der Waals surface area contributed by atoms with Crippen LogP contribution in [0.4, 0.5) is 5.69 Å². The van der Waals surface area contributed by atoms with Gasteiger partial charge in [0.25, 0.3) is 0 Å². The molecule has 0 spiro atoms. The number of thioether (sulfide) groups is 2. The predicted octanol–water partition coefficient (Wildman–Crippen LogP) is 5.14. The van der Waals surface area contributed by atoms with Gasteiger partial charge in [0, 0.05) is 27.1 Å². The molecule has 0 fully saturated rings. The summed E-state index contributed by atoms with van der Waals surface area (Å²) in [6.45, 7) is 0.806. The molecule has 0 amide bonds. The molecule has 0 aliphatic rings. The molecule has 2 aromatic carbocycles. The molecule has 0 aromatic heterocycles. The van der Waals surface area contributed by atoms with Crippen LogP contribution >= 0.6 is 47.3 Å². The van der Waals surface area contributed by atoms with Crippen LogP contribution in [0.25, 0.3) is 0 Å². The van der Waals surface area contributed by atoms with E-state index in [0.717, 1.165) is 23.0 Å². The maximum Gasteiger partial charge on any atom is 0.170 e. The average Bonchev–Trinajstić information content (AvgIpc) is 2.54. The van der Waals surface area contributed by atoms with Gasteiger partial charge in [-0.05, 0) is 54.9 Å². The van der Waals surface area contributed by atoms with E-state index < -0.39 is 0 Å². The van der Waals surface area contributed by atoms with E-state index in [9.17, 15) is 0 Å². The lowest BCUT2D eigenvalue weighted by Gasteiger charge is -2.12. The summed E-state index contributed by atoms with van der Waals surface area (Å²) >= 11 is 14.7. The summed E-state index contributed by atoms with van der Waals surface area (Å²) in [5, 5.41) is 7.88. The van der Waals surface area contributed by atoms with Gasteiger partial charge >= 0.3 is 0 Å². The number of nitrogens with one attached hydrogen (secondary N) is 2. The molecule has 0 heterocycles. The minimum Gasteiger partial charge on any atom is -0.362 e. The highest BCUT2D eigenvalue weighted by atomic mass is 35.5. The van der Waals surface area contributed by atoms with Gasteiger partial charge in [-0.1, -0.05) is 23.7 Å². The molecule has 2 rings (SSSR count). The van der Waals surface area contributed by atoms with E-state index in [2.05, 4.69) is 23.0 Å². The zero-order chi connectivity index (χ0) is 15.8. The third-order valence-corrected chi connectivity index (χ3v) is 5.13. The Hall–Kier alpha value is -0.880. The van der Waals surface area contributed by atoms with E-state index in [4.69, 9.17) is 23.8 Å². The molecule has 22 heavy (non-hydrogen) atoms. The first kappa shape index (κ1) is 17.5. The first-order valence-corrected chi connectivity index (χ1v) is 9.75. The van der Waals surface area contributed by atoms with Gasteiger partial charge in [-0.2, -0.15) is 0 Å². The fourth-order valence-electron chi connectivity index (χ4n) is 1.78. The second-order valence-electron chi connectivity index (χ2n) is 4.38. The molecule has 0 unspecified atom stereocenters. The fourth-order valence-corrected chi connectivity index (χ4v) is 3.44. The summed E-state index contributed by atoms with van der Waals surface area (Å²) in [6.07, 6.45) is 2.06. The summed E-state index contributed by atoms with van der Waals surface area (Å²) in [5.41, 5.74) is 1.04. The first-order chi connectivity index (χ1) is 10.7. The molecule has 0 bridgehead atoms. The van der Waals surface area contributed by atoms with Gasteiger partial charge in [-0.25, -0.2) is 0 Å². The molecule has 0 radical (unpaired) electrons. The average molecular weight is 369 g/mol. The molecular formula is C16H17ClN2S3. The Morgan fingerprint density at radius 2 is 1.86 bits per heavy atom. The van der Waals surface area contributed by atoms with Crippen molar-refractivity contribution in [2.45, 2.75) is 9.79 Å². The lowest BCUT2D eigenvalue weighted by Crippen LogP contribution is -2.30. The molecule has 2 aromatic rings. The molecule has 2 nitrogen and oxygen atoms in total. The van der Waals surface area contributed by atoms with Gasteiger partial charge in [0.2, 0.25) is 0 Å². The van der Waals surface area contributed by atoms with Crippen molar-refractivity contribution >= 4 is 58.1 Å². The number of hydrogen-bond donors (Lipinski definition) is 2. The van der Waals surface area contributed by atoms with Crippen molar-refractivity contribution in [3.8, 4) is 0 Å². The van der Waals surface area contributed by atoms with E-state index in [1.807, 2.05) is 42.5 Å². The Morgan fingerprint density at radius 3 is 2.59 bits per heavy atom. The lowest BCUT2D eigenvalue weighted by atomic mass is 10.3. The first-order valence-electron chi connectivity index (χ1n) is 6.75. The van der Waals surface area contributed by atoms with Crippen LogP contribution in [-0.2, 0) is 0 Å². The van der Waals surface area contributed by atoms with Gasteiger partial charge in [0.15, 0.2) is 5.11 Å². The maximum absolute atomic E-state index is 5.87. The summed E-state index contributed by atoms with van der Waals surface area (Å²) < 4.78 is 0. The molecule has 116 valence electrons. The molecule has 6 heteroatoms. The summed E-state index contributed by atoms with van der Waals surface area (Å²) in [5.74, 6) is 0.938. The molecule has 0 saturated carbocycles. The van der Waals surface area contributed by atoms with Crippen LogP contribution in [-0.4, -0.2) is 23.7 Å². The van der Waals surface area contributed by atoms with Gasteiger partial charge in [-0.3, -0.25) is 0 Å². The number of hydrogen-bond acceptors (Lipinski definition) is 3. The molecule has 2 N–H and O–H groups in total. The van der Waals surface area contributed by atoms with Crippen LogP contribution in [0.3, 0.4) is 0 Å². The zero-order valence-electron chi connectivity index (χ0n) is 12.1. The largest absolute Gasteiger partial charge is 0.362 e. The maximum atomic E-state index is 5.87. The van der Waals surface area contributed by atoms with E-state index in [1.165, 1.54) is 9.79 Å². The summed E-state index contributed by atoms with van der Waals surface area (Å²) in [4.78, 5) is 2.39. The fraction of sp³-hybridized carbons (Fsp3) is 0.188. The normalized spacial score (nSPS) is 10.3.